The molecule has 11 heteroatoms. The van der Waals surface area contributed by atoms with E-state index in [-0.39, 0.29) is 48.3 Å². The highest BCUT2D eigenvalue weighted by Gasteiger charge is 2.34. The van der Waals surface area contributed by atoms with Crippen molar-refractivity contribution in [2.45, 2.75) is 38.9 Å². The number of rotatable bonds is 9. The van der Waals surface area contributed by atoms with Crippen LogP contribution in [0.4, 0.5) is 4.39 Å². The monoisotopic (exact) mass is 481 g/mol. The molecular formula is C24H24FN5O5. The van der Waals surface area contributed by atoms with Crippen molar-refractivity contribution in [2.75, 3.05) is 6.54 Å². The van der Waals surface area contributed by atoms with Crippen LogP contribution in [0.1, 0.15) is 44.8 Å². The van der Waals surface area contributed by atoms with Crippen molar-refractivity contribution in [3.63, 3.8) is 0 Å². The van der Waals surface area contributed by atoms with Crippen molar-refractivity contribution < 1.29 is 28.7 Å². The molecule has 1 saturated carbocycles. The van der Waals surface area contributed by atoms with Crippen LogP contribution in [0.3, 0.4) is 0 Å². The number of carboxylic acid groups (broad SMARTS) is 1. The number of nitrogens with one attached hydrogen (secondary N) is 1. The highest BCUT2D eigenvalue weighted by molar-refractivity contribution is 6.05. The van der Waals surface area contributed by atoms with Gasteiger partial charge in [-0.15, -0.1) is 0 Å². The molecule has 1 aromatic heterocycles. The molecule has 0 aliphatic heterocycles. The predicted molar refractivity (Wildman–Crippen MR) is 123 cm³/mol. The van der Waals surface area contributed by atoms with Crippen molar-refractivity contribution in [3.8, 4) is 0 Å². The molecule has 10 nitrogen and oxygen atoms in total. The number of aromatic carboxylic acids is 1. The van der Waals surface area contributed by atoms with E-state index in [2.05, 4.69) is 10.4 Å². The Balaban J connectivity index is 1.50. The summed E-state index contributed by atoms with van der Waals surface area (Å²) >= 11 is 0. The smallest absolute Gasteiger partial charge is 0.335 e. The third kappa shape index (κ3) is 5.13. The minimum atomic E-state index is -1.17. The summed E-state index contributed by atoms with van der Waals surface area (Å²) in [6, 6.07) is 8.86. The number of aryl methyl sites for hydroxylation is 1. The molecule has 3 amide bonds. The first-order chi connectivity index (χ1) is 16.7. The fourth-order valence-electron chi connectivity index (χ4n) is 3.88. The Bertz CT molecular complexity index is 1350. The Morgan fingerprint density at radius 3 is 2.63 bits per heavy atom. The zero-order valence-electron chi connectivity index (χ0n) is 19.0. The van der Waals surface area contributed by atoms with Gasteiger partial charge in [0, 0.05) is 23.5 Å². The van der Waals surface area contributed by atoms with Gasteiger partial charge >= 0.3 is 5.97 Å². The van der Waals surface area contributed by atoms with Crippen molar-refractivity contribution >= 4 is 34.6 Å². The van der Waals surface area contributed by atoms with Gasteiger partial charge in [0.25, 0.3) is 5.91 Å². The number of benzene rings is 2. The third-order valence-electron chi connectivity index (χ3n) is 5.89. The molecule has 35 heavy (non-hydrogen) atoms. The molecule has 0 spiro atoms. The molecule has 4 N–H and O–H groups in total. The number of primary amides is 1. The Hall–Kier alpha value is -4.28. The minimum Gasteiger partial charge on any atom is -0.478 e. The predicted octanol–water partition coefficient (Wildman–Crippen LogP) is 1.59. The summed E-state index contributed by atoms with van der Waals surface area (Å²) in [5, 5.41) is 16.4. The van der Waals surface area contributed by atoms with Crippen LogP contribution in [0.15, 0.2) is 36.4 Å². The quantitative estimate of drug-likeness (QED) is 0.423. The Morgan fingerprint density at radius 2 is 1.97 bits per heavy atom. The normalized spacial score (nSPS) is 13.0. The van der Waals surface area contributed by atoms with Crippen LogP contribution < -0.4 is 11.1 Å². The van der Waals surface area contributed by atoms with Gasteiger partial charge in [0.15, 0.2) is 5.69 Å². The lowest BCUT2D eigenvalue weighted by Gasteiger charge is -2.22. The van der Waals surface area contributed by atoms with Crippen molar-refractivity contribution in [2.24, 2.45) is 5.73 Å². The Kier molecular flexibility index (Phi) is 6.50. The van der Waals surface area contributed by atoms with Gasteiger partial charge in [-0.1, -0.05) is 18.2 Å². The van der Waals surface area contributed by atoms with Crippen LogP contribution in [0.2, 0.25) is 0 Å². The van der Waals surface area contributed by atoms with Gasteiger partial charge in [-0.2, -0.15) is 5.10 Å². The molecule has 182 valence electrons. The second-order valence-corrected chi connectivity index (χ2v) is 8.49. The van der Waals surface area contributed by atoms with Gasteiger partial charge < -0.3 is 21.1 Å². The third-order valence-corrected chi connectivity index (χ3v) is 5.89. The lowest BCUT2D eigenvalue weighted by Crippen LogP contribution is -2.43. The Labute approximate surface area is 199 Å². The molecule has 0 atom stereocenters. The fourth-order valence-corrected chi connectivity index (χ4v) is 3.88. The summed E-state index contributed by atoms with van der Waals surface area (Å²) in [4.78, 5) is 50.3. The molecule has 1 aliphatic rings. The highest BCUT2D eigenvalue weighted by Crippen LogP contribution is 2.27. The zero-order chi connectivity index (χ0) is 25.3. The number of amides is 3. The van der Waals surface area contributed by atoms with Crippen LogP contribution >= 0.6 is 0 Å². The SMILES string of the molecule is Cc1cccc(CNC(=O)CN(C(=O)Cn2nc(C(N)=O)c3ccc(C(=O)O)cc32)C2CC2)c1F. The molecule has 0 bridgehead atoms. The first-order valence-corrected chi connectivity index (χ1v) is 11.0. The number of nitrogens with two attached hydrogens (primary N) is 1. The van der Waals surface area contributed by atoms with E-state index in [1.165, 1.54) is 27.8 Å². The van der Waals surface area contributed by atoms with E-state index in [9.17, 15) is 28.7 Å². The maximum Gasteiger partial charge on any atom is 0.335 e. The number of hydrogen-bond acceptors (Lipinski definition) is 5. The topological polar surface area (TPSA) is 148 Å². The molecule has 0 radical (unpaired) electrons. The average molecular weight is 481 g/mol. The number of hydrogen-bond donors (Lipinski definition) is 3. The van der Waals surface area contributed by atoms with Crippen LogP contribution in [-0.4, -0.2) is 56.1 Å². The summed E-state index contributed by atoms with van der Waals surface area (Å²) < 4.78 is 15.4. The zero-order valence-corrected chi connectivity index (χ0v) is 19.0. The van der Waals surface area contributed by atoms with Gasteiger partial charge in [-0.25, -0.2) is 9.18 Å². The lowest BCUT2D eigenvalue weighted by atomic mass is 10.1. The summed E-state index contributed by atoms with van der Waals surface area (Å²) in [7, 11) is 0. The molecule has 0 saturated heterocycles. The standard InChI is InChI=1S/C24H24FN5O5/c1-13-3-2-4-15(21(13)25)10-27-19(31)11-29(16-6-7-16)20(32)12-30-18-9-14(24(34)35)5-8-17(18)22(28-30)23(26)33/h2-5,8-9,16H,6-7,10-12H2,1H3,(H2,26,33)(H,27,31)(H,34,35). The fraction of sp³-hybridized carbons (Fsp3) is 0.292. The van der Waals surface area contributed by atoms with Crippen molar-refractivity contribution in [1.82, 2.24) is 20.0 Å². The summed E-state index contributed by atoms with van der Waals surface area (Å²) in [6.45, 7) is 1.08. The maximum atomic E-state index is 14.2. The van der Waals surface area contributed by atoms with Gasteiger partial charge in [-0.3, -0.25) is 19.1 Å². The van der Waals surface area contributed by atoms with Crippen molar-refractivity contribution in [1.29, 1.82) is 0 Å². The molecule has 4 rings (SSSR count). The first-order valence-electron chi connectivity index (χ1n) is 11.0. The molecule has 0 unspecified atom stereocenters. The molecular weight excluding hydrogens is 457 g/mol. The molecule has 1 aliphatic carbocycles. The first kappa shape index (κ1) is 23.9. The van der Waals surface area contributed by atoms with E-state index < -0.39 is 23.7 Å². The van der Waals surface area contributed by atoms with Crippen LogP contribution in [0.25, 0.3) is 10.9 Å². The number of aromatic nitrogens is 2. The molecule has 3 aromatic rings. The van der Waals surface area contributed by atoms with E-state index in [1.54, 1.807) is 25.1 Å². The van der Waals surface area contributed by atoms with E-state index in [0.717, 1.165) is 12.8 Å². The molecule has 1 fully saturated rings. The van der Waals surface area contributed by atoms with Gasteiger partial charge in [-0.05, 0) is 43.5 Å². The van der Waals surface area contributed by atoms with Gasteiger partial charge in [0.1, 0.15) is 12.4 Å². The number of carbonyl (C=O) groups is 4. The van der Waals surface area contributed by atoms with E-state index in [4.69, 9.17) is 5.73 Å². The number of carboxylic acids is 1. The minimum absolute atomic E-state index is 0.0111. The number of carbonyl (C=O) groups excluding carboxylic acids is 3. The second kappa shape index (κ2) is 9.53. The molecule has 1 heterocycles. The van der Waals surface area contributed by atoms with E-state index in [0.29, 0.717) is 16.5 Å². The maximum absolute atomic E-state index is 14.2. The summed E-state index contributed by atoms with van der Waals surface area (Å²) in [5.74, 6) is -3.24. The summed E-state index contributed by atoms with van der Waals surface area (Å²) in [6.07, 6.45) is 1.47. The van der Waals surface area contributed by atoms with E-state index >= 15 is 0 Å². The average Bonchev–Trinajstić information content (AvgIpc) is 3.59. The number of halogens is 1. The largest absolute Gasteiger partial charge is 0.478 e. The second-order valence-electron chi connectivity index (χ2n) is 8.49. The van der Waals surface area contributed by atoms with Crippen LogP contribution in [-0.2, 0) is 22.7 Å². The number of nitrogens with zero attached hydrogens (tertiary/aromatic N) is 3. The Morgan fingerprint density at radius 1 is 1.23 bits per heavy atom. The summed E-state index contributed by atoms with van der Waals surface area (Å²) in [5.41, 5.74) is 6.36. The highest BCUT2D eigenvalue weighted by atomic mass is 19.1. The van der Waals surface area contributed by atoms with Crippen LogP contribution in [0, 0.1) is 12.7 Å². The molecule has 2 aromatic carbocycles. The van der Waals surface area contributed by atoms with E-state index in [1.807, 2.05) is 0 Å². The van der Waals surface area contributed by atoms with Gasteiger partial charge in [0.05, 0.1) is 17.6 Å². The van der Waals surface area contributed by atoms with Crippen LogP contribution in [0.5, 0.6) is 0 Å². The van der Waals surface area contributed by atoms with Crippen molar-refractivity contribution in [3.05, 3.63) is 64.6 Å². The lowest BCUT2D eigenvalue weighted by molar-refractivity contribution is -0.137. The number of fused-ring (bicyclic) bond motifs is 1. The van der Waals surface area contributed by atoms with Gasteiger partial charge in [0.2, 0.25) is 11.8 Å².